The quantitative estimate of drug-likeness (QED) is 0.253. The number of nitrogens with one attached hydrogen (secondary N) is 1. The second-order valence-electron chi connectivity index (χ2n) is 10.3. The van der Waals surface area contributed by atoms with Crippen LogP contribution in [0.4, 0.5) is 20.3 Å². The molecule has 1 aliphatic heterocycles. The number of morpholine rings is 1. The summed E-state index contributed by atoms with van der Waals surface area (Å²) in [5, 5.41) is 0.797. The molecule has 0 saturated carbocycles. The number of anilines is 2. The highest BCUT2D eigenvalue weighted by molar-refractivity contribution is 7.92. The molecule has 0 radical (unpaired) electrons. The van der Waals surface area contributed by atoms with Crippen molar-refractivity contribution in [2.45, 2.75) is 4.90 Å². The summed E-state index contributed by atoms with van der Waals surface area (Å²) in [4.78, 5) is 22.7. The number of halogens is 2. The average Bonchev–Trinajstić information content (AvgIpc) is 3.04. The molecule has 3 heterocycles. The minimum absolute atomic E-state index is 0.0443. The number of nitrogens with zero attached hydrogens (tertiary/aromatic N) is 3. The van der Waals surface area contributed by atoms with Crippen molar-refractivity contribution in [2.24, 2.45) is 0 Å². The summed E-state index contributed by atoms with van der Waals surface area (Å²) in [6, 6.07) is 18.2. The fourth-order valence-corrected chi connectivity index (χ4v) is 6.18. The van der Waals surface area contributed by atoms with Gasteiger partial charge in [0, 0.05) is 47.4 Å². The number of amides is 1. The molecule has 0 bridgehead atoms. The molecular weight excluding hydrogens is 604 g/mol. The second kappa shape index (κ2) is 12.1. The third-order valence-electron chi connectivity index (χ3n) is 7.39. The Bertz CT molecular complexity index is 2040. The van der Waals surface area contributed by atoms with E-state index in [9.17, 15) is 22.0 Å². The SMILES string of the molecule is COc1ncc(-c2ccc3cc(-c4ccc(C(=O)N5CCOCC5)cc4)c(N)nc3c2)cc1NS(=O)(=O)c1ccc(F)cc1F. The number of pyridine rings is 2. The number of hydrogen-bond donors (Lipinski definition) is 2. The van der Waals surface area contributed by atoms with E-state index < -0.39 is 26.6 Å². The number of rotatable bonds is 7. The molecule has 1 saturated heterocycles. The van der Waals surface area contributed by atoms with Gasteiger partial charge in [0.2, 0.25) is 5.88 Å². The summed E-state index contributed by atoms with van der Waals surface area (Å²) < 4.78 is 66.3. The minimum atomic E-state index is -4.44. The van der Waals surface area contributed by atoms with E-state index in [1.54, 1.807) is 23.1 Å². The van der Waals surface area contributed by atoms with Crippen LogP contribution >= 0.6 is 0 Å². The molecule has 1 fully saturated rings. The Hall–Kier alpha value is -5.14. The molecule has 0 spiro atoms. The van der Waals surface area contributed by atoms with Crippen LogP contribution in [0.2, 0.25) is 0 Å². The zero-order valence-corrected chi connectivity index (χ0v) is 24.8. The van der Waals surface area contributed by atoms with Crippen LogP contribution in [-0.2, 0) is 14.8 Å². The minimum Gasteiger partial charge on any atom is -0.480 e. The van der Waals surface area contributed by atoms with Gasteiger partial charge in [0.25, 0.3) is 15.9 Å². The van der Waals surface area contributed by atoms with E-state index >= 15 is 0 Å². The number of carbonyl (C=O) groups is 1. The van der Waals surface area contributed by atoms with Gasteiger partial charge in [-0.3, -0.25) is 9.52 Å². The smallest absolute Gasteiger partial charge is 0.264 e. The summed E-state index contributed by atoms with van der Waals surface area (Å²) in [5.41, 5.74) is 10.2. The molecule has 0 aliphatic carbocycles. The van der Waals surface area contributed by atoms with Gasteiger partial charge in [-0.15, -0.1) is 0 Å². The monoisotopic (exact) mass is 631 g/mol. The van der Waals surface area contributed by atoms with Gasteiger partial charge in [-0.1, -0.05) is 24.3 Å². The van der Waals surface area contributed by atoms with Crippen molar-refractivity contribution in [2.75, 3.05) is 43.9 Å². The van der Waals surface area contributed by atoms with Crippen molar-refractivity contribution in [1.29, 1.82) is 0 Å². The first kappa shape index (κ1) is 29.9. The van der Waals surface area contributed by atoms with Crippen LogP contribution in [0.25, 0.3) is 33.2 Å². The van der Waals surface area contributed by atoms with Gasteiger partial charge in [-0.25, -0.2) is 27.2 Å². The van der Waals surface area contributed by atoms with Crippen LogP contribution in [0.1, 0.15) is 10.4 Å². The lowest BCUT2D eigenvalue weighted by molar-refractivity contribution is 0.0303. The van der Waals surface area contributed by atoms with Gasteiger partial charge < -0.3 is 20.1 Å². The number of carbonyl (C=O) groups excluding carboxylic acids is 1. The van der Waals surface area contributed by atoms with Gasteiger partial charge in [-0.2, -0.15) is 0 Å². The first-order chi connectivity index (χ1) is 21.6. The number of aromatic nitrogens is 2. The Kier molecular flexibility index (Phi) is 8.04. The van der Waals surface area contributed by atoms with E-state index in [2.05, 4.69) is 14.7 Å². The maximum atomic E-state index is 14.3. The molecule has 3 N–H and O–H groups in total. The van der Waals surface area contributed by atoms with E-state index in [1.807, 2.05) is 30.3 Å². The molecule has 0 unspecified atom stereocenters. The normalized spacial score (nSPS) is 13.5. The van der Waals surface area contributed by atoms with Crippen molar-refractivity contribution in [3.63, 3.8) is 0 Å². The molecular formula is C32H27F2N5O5S. The molecule has 0 atom stereocenters. The third kappa shape index (κ3) is 6.12. The van der Waals surface area contributed by atoms with Crippen LogP contribution in [0.15, 0.2) is 83.9 Å². The van der Waals surface area contributed by atoms with Gasteiger partial charge in [0.05, 0.1) is 25.8 Å². The molecule has 2 aromatic heterocycles. The predicted octanol–water partition coefficient (Wildman–Crippen LogP) is 5.11. The molecule has 6 rings (SSSR count). The second-order valence-corrected chi connectivity index (χ2v) is 11.9. The van der Waals surface area contributed by atoms with Crippen molar-refractivity contribution in [1.82, 2.24) is 14.9 Å². The molecule has 230 valence electrons. The highest BCUT2D eigenvalue weighted by atomic mass is 32.2. The number of nitrogen functional groups attached to an aromatic ring is 1. The van der Waals surface area contributed by atoms with Gasteiger partial charge >= 0.3 is 0 Å². The van der Waals surface area contributed by atoms with Crippen LogP contribution in [0.3, 0.4) is 0 Å². The van der Waals surface area contributed by atoms with E-state index in [4.69, 9.17) is 15.2 Å². The number of nitrogens with two attached hydrogens (primary N) is 1. The Balaban J connectivity index is 1.28. The fraction of sp³-hybridized carbons (Fsp3) is 0.156. The summed E-state index contributed by atoms with van der Waals surface area (Å²) in [6.07, 6.45) is 1.49. The Labute approximate surface area is 257 Å². The van der Waals surface area contributed by atoms with Crippen molar-refractivity contribution in [3.05, 3.63) is 96.2 Å². The van der Waals surface area contributed by atoms with E-state index in [0.29, 0.717) is 60.1 Å². The molecule has 3 aromatic carbocycles. The summed E-state index contributed by atoms with van der Waals surface area (Å²) in [6.45, 7) is 2.17. The average molecular weight is 632 g/mol. The van der Waals surface area contributed by atoms with Crippen LogP contribution in [-0.4, -0.2) is 62.6 Å². The summed E-state index contributed by atoms with van der Waals surface area (Å²) in [5.74, 6) is -1.95. The lowest BCUT2D eigenvalue weighted by atomic mass is 10.00. The van der Waals surface area contributed by atoms with E-state index in [-0.39, 0.29) is 23.3 Å². The maximum absolute atomic E-state index is 14.3. The third-order valence-corrected chi connectivity index (χ3v) is 8.79. The number of ether oxygens (including phenoxy) is 2. The molecule has 13 heteroatoms. The molecule has 45 heavy (non-hydrogen) atoms. The van der Waals surface area contributed by atoms with E-state index in [0.717, 1.165) is 23.1 Å². The zero-order valence-electron chi connectivity index (χ0n) is 24.0. The maximum Gasteiger partial charge on any atom is 0.264 e. The topological polar surface area (TPSA) is 137 Å². The Morgan fingerprint density at radius 1 is 0.956 bits per heavy atom. The standard InChI is InChI=1S/C32H27F2N5O5S/c1-43-31-28(38-45(41,42)29-9-8-24(33)17-26(29)34)16-23(18-36-31)21-6-7-22-14-25(30(35)37-27(22)15-21)19-2-4-20(5-3-19)32(40)39-10-12-44-13-11-39/h2-9,14-18,38H,10-13H2,1H3,(H2,35,37). The van der Waals surface area contributed by atoms with Gasteiger partial charge in [-0.05, 0) is 53.6 Å². The van der Waals surface area contributed by atoms with Gasteiger partial charge in [0.15, 0.2) is 0 Å². The lowest BCUT2D eigenvalue weighted by Crippen LogP contribution is -2.40. The Morgan fingerprint density at radius 3 is 2.40 bits per heavy atom. The highest BCUT2D eigenvalue weighted by Gasteiger charge is 2.23. The Morgan fingerprint density at radius 2 is 1.69 bits per heavy atom. The largest absolute Gasteiger partial charge is 0.480 e. The van der Waals surface area contributed by atoms with Crippen molar-refractivity contribution < 1.29 is 31.5 Å². The van der Waals surface area contributed by atoms with Gasteiger partial charge in [0.1, 0.15) is 28.0 Å². The summed E-state index contributed by atoms with van der Waals surface area (Å²) in [7, 11) is -3.13. The molecule has 5 aromatic rings. The fourth-order valence-electron chi connectivity index (χ4n) is 5.07. The predicted molar refractivity (Wildman–Crippen MR) is 165 cm³/mol. The first-order valence-electron chi connectivity index (χ1n) is 13.8. The van der Waals surface area contributed by atoms with Crippen LogP contribution in [0, 0.1) is 11.6 Å². The lowest BCUT2D eigenvalue weighted by Gasteiger charge is -2.26. The highest BCUT2D eigenvalue weighted by Crippen LogP contribution is 2.34. The molecule has 10 nitrogen and oxygen atoms in total. The molecule has 1 aliphatic rings. The van der Waals surface area contributed by atoms with Crippen molar-refractivity contribution in [3.8, 4) is 28.1 Å². The number of hydrogen-bond acceptors (Lipinski definition) is 8. The number of benzene rings is 3. The number of sulfonamides is 1. The van der Waals surface area contributed by atoms with Crippen molar-refractivity contribution >= 4 is 38.3 Å². The van der Waals surface area contributed by atoms with Crippen LogP contribution in [0.5, 0.6) is 5.88 Å². The first-order valence-corrected chi connectivity index (χ1v) is 15.3. The van der Waals surface area contributed by atoms with E-state index in [1.165, 1.54) is 19.4 Å². The summed E-state index contributed by atoms with van der Waals surface area (Å²) >= 11 is 0. The number of fused-ring (bicyclic) bond motifs is 1. The zero-order chi connectivity index (χ0) is 31.7. The number of methoxy groups -OCH3 is 1. The molecule has 1 amide bonds. The van der Waals surface area contributed by atoms with Crippen LogP contribution < -0.4 is 15.2 Å².